The number of rotatable bonds is 11. The summed E-state index contributed by atoms with van der Waals surface area (Å²) in [5, 5.41) is 4.01. The van der Waals surface area contributed by atoms with Gasteiger partial charge >= 0.3 is 0 Å². The molecule has 0 amide bonds. The maximum atomic E-state index is 7.19. The molecule has 25 rings (SSSR count). The molecule has 728 valence electrons. The fourth-order valence-corrected chi connectivity index (χ4v) is 31.0. The van der Waals surface area contributed by atoms with E-state index in [0.717, 1.165) is 75.6 Å². The second kappa shape index (κ2) is 31.8. The Morgan fingerprint density at radius 2 is 0.924 bits per heavy atom. The van der Waals surface area contributed by atoms with Gasteiger partial charge in [-0.3, -0.25) is 0 Å². The van der Waals surface area contributed by atoms with E-state index in [1.165, 1.54) is 256 Å². The Bertz CT molecular complexity index is 8100. The van der Waals surface area contributed by atoms with Crippen molar-refractivity contribution in [2.75, 3.05) is 19.6 Å². The first kappa shape index (κ1) is 93.7. The highest BCUT2D eigenvalue weighted by atomic mass is 32.1. The number of furan rings is 1. The van der Waals surface area contributed by atoms with Crippen molar-refractivity contribution in [2.45, 2.75) is 324 Å². The van der Waals surface area contributed by atoms with Crippen LogP contribution >= 0.6 is 22.7 Å². The zero-order valence-corrected chi connectivity index (χ0v) is 92.1. The van der Waals surface area contributed by atoms with Crippen LogP contribution < -0.4 is 45.5 Å². The quantitative estimate of drug-likeness (QED) is 0.120. The van der Waals surface area contributed by atoms with E-state index < -0.39 is 0 Å². The lowest BCUT2D eigenvalue weighted by atomic mass is 9.33. The fourth-order valence-electron chi connectivity index (χ4n) is 28.3. The van der Waals surface area contributed by atoms with Crippen LogP contribution in [-0.2, 0) is 60.6 Å². The van der Waals surface area contributed by atoms with Crippen molar-refractivity contribution in [1.29, 1.82) is 0 Å². The van der Waals surface area contributed by atoms with Crippen LogP contribution in [0.3, 0.4) is 0 Å². The normalized spacial score (nSPS) is 20.3. The number of aryl methyl sites for hydroxylation is 4. The van der Waals surface area contributed by atoms with Crippen LogP contribution in [0.1, 0.15) is 320 Å². The molecule has 12 aromatic carbocycles. The number of hydrogen-bond donors (Lipinski definition) is 0. The van der Waals surface area contributed by atoms with Crippen molar-refractivity contribution < 1.29 is 4.42 Å². The molecule has 5 nitrogen and oxygen atoms in total. The van der Waals surface area contributed by atoms with E-state index in [1.807, 2.05) is 0 Å². The van der Waals surface area contributed by atoms with Crippen LogP contribution in [0, 0.1) is 26.2 Å². The maximum absolute atomic E-state index is 7.19. The summed E-state index contributed by atoms with van der Waals surface area (Å²) in [6, 6.07) is 89.4. The topological polar surface area (TPSA) is 26.1 Å². The van der Waals surface area contributed by atoms with E-state index in [2.05, 4.69) is 459 Å². The summed E-state index contributed by atoms with van der Waals surface area (Å²) < 4.78 is 12.9. The molecule has 15 aromatic rings. The molecule has 0 N–H and O–H groups in total. The molecule has 10 aliphatic rings. The van der Waals surface area contributed by atoms with Gasteiger partial charge in [0, 0.05) is 103 Å². The van der Waals surface area contributed by atoms with Gasteiger partial charge in [0.1, 0.15) is 11.3 Å². The lowest BCUT2D eigenvalue weighted by Crippen LogP contribution is -2.61. The van der Waals surface area contributed by atoms with Gasteiger partial charge in [-0.05, 0) is 378 Å². The molecule has 9 heteroatoms. The van der Waals surface area contributed by atoms with Crippen molar-refractivity contribution in [3.05, 3.63) is 331 Å². The van der Waals surface area contributed by atoms with E-state index in [9.17, 15) is 0 Å². The molecule has 0 spiro atoms. The first-order valence-corrected chi connectivity index (χ1v) is 56.0. The highest BCUT2D eigenvalue weighted by Crippen LogP contribution is 2.62. The summed E-state index contributed by atoms with van der Waals surface area (Å²) in [6.07, 6.45) is 21.3. The predicted octanol–water partition coefficient (Wildman–Crippen LogP) is 34.7. The Morgan fingerprint density at radius 1 is 0.396 bits per heavy atom. The first-order valence-electron chi connectivity index (χ1n) is 54.3. The summed E-state index contributed by atoms with van der Waals surface area (Å²) in [5.74, 6) is 1.00. The van der Waals surface area contributed by atoms with Crippen molar-refractivity contribution in [2.24, 2.45) is 5.41 Å². The Hall–Kier alpha value is -11.4. The van der Waals surface area contributed by atoms with Crippen molar-refractivity contribution in [3.8, 4) is 33.4 Å². The molecular formula is C135H144B2N4OS2. The maximum Gasteiger partial charge on any atom is 0.264 e. The minimum Gasteiger partial charge on any atom is -0.456 e. The van der Waals surface area contributed by atoms with E-state index in [4.69, 9.17) is 4.42 Å². The van der Waals surface area contributed by atoms with Gasteiger partial charge in [-0.25, -0.2) is 0 Å². The summed E-state index contributed by atoms with van der Waals surface area (Å²) in [7, 11) is 0. The molecule has 0 bridgehead atoms. The van der Waals surface area contributed by atoms with Crippen LogP contribution in [-0.4, -0.2) is 19.5 Å². The molecule has 0 radical (unpaired) electrons. The molecular weight excluding hydrogens is 1780 g/mol. The molecule has 6 aliphatic carbocycles. The van der Waals surface area contributed by atoms with Gasteiger partial charge < -0.3 is 24.0 Å². The second-order valence-corrected chi connectivity index (χ2v) is 55.4. The third-order valence-electron chi connectivity index (χ3n) is 37.8. The van der Waals surface area contributed by atoms with Gasteiger partial charge in [-0.1, -0.05) is 298 Å². The highest BCUT2D eigenvalue weighted by Gasteiger charge is 2.55. The number of allylic oxidation sites excluding steroid dienone is 2. The Labute approximate surface area is 867 Å². The summed E-state index contributed by atoms with van der Waals surface area (Å²) >= 11 is 4.16. The Morgan fingerprint density at radius 3 is 1.53 bits per heavy atom. The second-order valence-electron chi connectivity index (χ2n) is 53.3. The zero-order valence-electron chi connectivity index (χ0n) is 90.5. The Balaban J connectivity index is 0.643. The van der Waals surface area contributed by atoms with Crippen molar-refractivity contribution >= 4 is 156 Å². The first-order chi connectivity index (χ1) is 68.1. The number of thiophene rings is 2. The lowest BCUT2D eigenvalue weighted by molar-refractivity contribution is 0.272. The lowest BCUT2D eigenvalue weighted by Gasteiger charge is -2.51. The molecule has 4 aliphatic heterocycles. The number of anilines is 10. The molecule has 0 fully saturated rings. The minimum atomic E-state index is -0.241. The smallest absolute Gasteiger partial charge is 0.264 e. The average Bonchev–Trinajstić information content (AvgIpc) is 1.40. The molecule has 7 heterocycles. The largest absolute Gasteiger partial charge is 0.456 e. The number of hydrogen-bond acceptors (Lipinski definition) is 7. The summed E-state index contributed by atoms with van der Waals surface area (Å²) in [4.78, 5) is 11.2. The molecule has 0 saturated carbocycles. The zero-order chi connectivity index (χ0) is 100. The third-order valence-corrected chi connectivity index (χ3v) is 40.3. The van der Waals surface area contributed by atoms with Crippen molar-refractivity contribution in [3.63, 3.8) is 0 Å². The van der Waals surface area contributed by atoms with Crippen LogP contribution in [0.2, 0.25) is 0 Å². The Kier molecular flexibility index (Phi) is 20.7. The number of fused-ring (bicyclic) bond motifs is 19. The van der Waals surface area contributed by atoms with Gasteiger partial charge in [0.2, 0.25) is 0 Å². The third kappa shape index (κ3) is 14.4. The van der Waals surface area contributed by atoms with Crippen LogP contribution in [0.25, 0.3) is 70.6 Å². The van der Waals surface area contributed by atoms with E-state index in [-0.39, 0.29) is 79.0 Å². The van der Waals surface area contributed by atoms with Gasteiger partial charge in [0.15, 0.2) is 0 Å². The van der Waals surface area contributed by atoms with Gasteiger partial charge in [0.05, 0.1) is 23.1 Å². The SMILES string of the molecule is Cc1ccc(-c2ccc3c(c2)N(c2ccc(C(C)(C)C)cc2-c2ccccc2)C2CC(C(C)(C)C)=CC4=C2B3c2sc3cc5c(cc3c2N4c2ccc3c(c2)C(C)(C)CCC3(C)CCC(C)(C)c2ccc(N3c4cc6oc7c(c6cc4B4c6sc8cc9c(cc8c6N(c6ccc8c(c6)C(C)(C)CCC8(C)C)c6cc(C)cc3c64)C(C)(C)CCC9(C)C)CCC=C7)c(-c3ccccc3)c2)C(C)(C)CCC5(C)C)c(C)c1. The molecule has 3 aromatic heterocycles. The standard InChI is InChI=1S/C135H144B2N4OS2/c1-79-41-47-90(81(3)63-79)84-42-50-105-109(66-84)140(107-51-43-85(125(4,5)6)67-92(107)82-35-29-27-30-36-82)114-70-87(126(7,8)9)69-113-120(114)136(105)123-121(95-73-101-103(76-117(95)143-123)132(20,21)57-55-130(101,16)17)139(113)89-46-49-98-100(72-89)134(24,25)60-62-135(98,26)61-59-127(10,11)86-44-52-108(93(68-86)83-37-31-28-32-38-83)141-110-78-116-94(91-39-33-34-40-115(91)142-116)75-106(110)137-119-111(64-80(2)65-112(119)141)138(88-45-48-97-99(71-88)129(14,15)54-53-128(97,12)13)122-96-74-102-104(77-118(96)144-124(122)137)133(22,23)58-56-131(102,18)19/h27-32,34-38,40-52,63-69,71-78,114H,33,39,53-62,70H2,1-26H3. The number of benzene rings is 12. The summed E-state index contributed by atoms with van der Waals surface area (Å²) in [5.41, 5.74) is 49.0. The van der Waals surface area contributed by atoms with Crippen LogP contribution in [0.5, 0.6) is 0 Å². The van der Waals surface area contributed by atoms with Gasteiger partial charge in [0.25, 0.3) is 13.4 Å². The van der Waals surface area contributed by atoms with Crippen LogP contribution in [0.4, 0.5) is 56.9 Å². The van der Waals surface area contributed by atoms with Gasteiger partial charge in [-0.2, -0.15) is 0 Å². The van der Waals surface area contributed by atoms with E-state index >= 15 is 0 Å². The monoisotopic (exact) mass is 1920 g/mol. The molecule has 0 saturated heterocycles. The average molecular weight is 1920 g/mol. The fraction of sp³-hybridized carbons (Fsp3) is 0.378. The summed E-state index contributed by atoms with van der Waals surface area (Å²) in [6.45, 7) is 64.4. The minimum absolute atomic E-state index is 0.000294. The van der Waals surface area contributed by atoms with E-state index in [1.54, 1.807) is 0 Å². The molecule has 144 heavy (non-hydrogen) atoms. The van der Waals surface area contributed by atoms with Gasteiger partial charge in [-0.15, -0.1) is 22.7 Å². The molecule has 2 unspecified atom stereocenters. The van der Waals surface area contributed by atoms with E-state index in [0.29, 0.717) is 0 Å². The van der Waals surface area contributed by atoms with Crippen LogP contribution in [0.15, 0.2) is 252 Å². The molecule has 2 atom stereocenters. The number of nitrogens with zero attached hydrogens (tertiary/aromatic N) is 4. The predicted molar refractivity (Wildman–Crippen MR) is 623 cm³/mol. The highest BCUT2D eigenvalue weighted by molar-refractivity contribution is 7.34. The van der Waals surface area contributed by atoms with Crippen molar-refractivity contribution in [1.82, 2.24) is 0 Å².